The molecular weight excluding hydrogens is 273 g/mol. The van der Waals surface area contributed by atoms with Crippen molar-refractivity contribution in [2.45, 2.75) is 0 Å². The molecule has 0 spiro atoms. The summed E-state index contributed by atoms with van der Waals surface area (Å²) in [5, 5.41) is 2.92. The molecule has 0 saturated carbocycles. The minimum atomic E-state index is -0.813. The molecule has 0 saturated heterocycles. The van der Waals surface area contributed by atoms with Crippen LogP contribution in [0, 0.1) is 5.82 Å². The number of nitrogens with one attached hydrogen (secondary N) is 1. The molecule has 21 heavy (non-hydrogen) atoms. The standard InChI is InChI=1S/C15H16FN3O2/c16-12-5-2-6-13(14(12)15(18)20)19-7-8-21-11-4-1-3-10(17)9-11/h1-6,9,19H,7-8,17H2,(H2,18,20). The van der Waals surface area contributed by atoms with Crippen molar-refractivity contribution in [1.29, 1.82) is 0 Å². The molecule has 0 fully saturated rings. The first-order valence-electron chi connectivity index (χ1n) is 6.38. The Labute approximate surface area is 121 Å². The van der Waals surface area contributed by atoms with Crippen molar-refractivity contribution in [3.63, 3.8) is 0 Å². The van der Waals surface area contributed by atoms with Crippen LogP contribution in [0.25, 0.3) is 0 Å². The number of rotatable bonds is 6. The smallest absolute Gasteiger partial charge is 0.253 e. The highest BCUT2D eigenvalue weighted by Gasteiger charge is 2.13. The third-order valence-corrected chi connectivity index (χ3v) is 2.80. The van der Waals surface area contributed by atoms with Crippen molar-refractivity contribution in [3.8, 4) is 5.75 Å². The largest absolute Gasteiger partial charge is 0.492 e. The molecule has 2 aromatic carbocycles. The summed E-state index contributed by atoms with van der Waals surface area (Å²) in [5.74, 6) is -0.817. The molecule has 2 rings (SSSR count). The zero-order chi connectivity index (χ0) is 15.2. The molecule has 6 heteroatoms. The predicted octanol–water partition coefficient (Wildman–Crippen LogP) is 2.00. The Morgan fingerprint density at radius 3 is 2.71 bits per heavy atom. The minimum Gasteiger partial charge on any atom is -0.492 e. The minimum absolute atomic E-state index is 0.151. The lowest BCUT2D eigenvalue weighted by atomic mass is 10.1. The molecule has 1 amide bonds. The second-order valence-electron chi connectivity index (χ2n) is 4.37. The zero-order valence-corrected chi connectivity index (χ0v) is 11.3. The van der Waals surface area contributed by atoms with Crippen molar-refractivity contribution in [2.24, 2.45) is 5.73 Å². The van der Waals surface area contributed by atoms with Gasteiger partial charge in [-0.1, -0.05) is 12.1 Å². The number of ether oxygens (including phenoxy) is 1. The predicted molar refractivity (Wildman–Crippen MR) is 79.8 cm³/mol. The third-order valence-electron chi connectivity index (χ3n) is 2.80. The quantitative estimate of drug-likeness (QED) is 0.560. The van der Waals surface area contributed by atoms with Crippen molar-refractivity contribution in [3.05, 3.63) is 53.8 Å². The zero-order valence-electron chi connectivity index (χ0n) is 11.3. The summed E-state index contributed by atoms with van der Waals surface area (Å²) in [7, 11) is 0. The topological polar surface area (TPSA) is 90.4 Å². The summed E-state index contributed by atoms with van der Waals surface area (Å²) in [5.41, 5.74) is 11.6. The fourth-order valence-electron chi connectivity index (χ4n) is 1.88. The lowest BCUT2D eigenvalue weighted by Crippen LogP contribution is -2.18. The summed E-state index contributed by atoms with van der Waals surface area (Å²) in [6.07, 6.45) is 0. The summed E-state index contributed by atoms with van der Waals surface area (Å²) in [4.78, 5) is 11.2. The number of hydrogen-bond donors (Lipinski definition) is 3. The maximum Gasteiger partial charge on any atom is 0.253 e. The molecule has 0 aliphatic rings. The number of primary amides is 1. The summed E-state index contributed by atoms with van der Waals surface area (Å²) in [6, 6.07) is 11.3. The molecule has 0 bridgehead atoms. The second-order valence-corrected chi connectivity index (χ2v) is 4.37. The Kier molecular flexibility index (Phi) is 4.61. The van der Waals surface area contributed by atoms with Gasteiger partial charge >= 0.3 is 0 Å². The first kappa shape index (κ1) is 14.6. The fraction of sp³-hybridized carbons (Fsp3) is 0.133. The molecule has 0 heterocycles. The molecule has 0 aliphatic heterocycles. The monoisotopic (exact) mass is 289 g/mol. The summed E-state index contributed by atoms with van der Waals surface area (Å²) < 4.78 is 19.0. The molecule has 0 aromatic heterocycles. The van der Waals surface area contributed by atoms with E-state index in [4.69, 9.17) is 16.2 Å². The van der Waals surface area contributed by atoms with Crippen molar-refractivity contribution >= 4 is 17.3 Å². The number of amides is 1. The first-order valence-corrected chi connectivity index (χ1v) is 6.38. The van der Waals surface area contributed by atoms with Gasteiger partial charge in [-0.2, -0.15) is 0 Å². The van der Waals surface area contributed by atoms with E-state index in [0.717, 1.165) is 0 Å². The van der Waals surface area contributed by atoms with Gasteiger partial charge < -0.3 is 21.5 Å². The van der Waals surface area contributed by atoms with Gasteiger partial charge in [-0.05, 0) is 24.3 Å². The van der Waals surface area contributed by atoms with Crippen molar-refractivity contribution in [1.82, 2.24) is 0 Å². The highest BCUT2D eigenvalue weighted by molar-refractivity contribution is 5.98. The molecule has 0 atom stereocenters. The number of carbonyl (C=O) groups excluding carboxylic acids is 1. The van der Waals surface area contributed by atoms with Crippen molar-refractivity contribution in [2.75, 3.05) is 24.2 Å². The van der Waals surface area contributed by atoms with Gasteiger partial charge in [0.2, 0.25) is 0 Å². The van der Waals surface area contributed by atoms with E-state index in [2.05, 4.69) is 5.32 Å². The summed E-state index contributed by atoms with van der Waals surface area (Å²) >= 11 is 0. The third kappa shape index (κ3) is 3.85. The number of carbonyl (C=O) groups is 1. The number of nitrogen functional groups attached to an aromatic ring is 1. The fourth-order valence-corrected chi connectivity index (χ4v) is 1.88. The normalized spacial score (nSPS) is 10.1. The van der Waals surface area contributed by atoms with Crippen LogP contribution in [0.15, 0.2) is 42.5 Å². The van der Waals surface area contributed by atoms with Crippen LogP contribution in [-0.2, 0) is 0 Å². The van der Waals surface area contributed by atoms with Crippen LogP contribution in [0.3, 0.4) is 0 Å². The maximum absolute atomic E-state index is 13.5. The van der Waals surface area contributed by atoms with Crippen LogP contribution in [0.4, 0.5) is 15.8 Å². The van der Waals surface area contributed by atoms with E-state index in [-0.39, 0.29) is 5.56 Å². The molecule has 5 N–H and O–H groups in total. The van der Waals surface area contributed by atoms with Gasteiger partial charge in [0.05, 0.1) is 11.3 Å². The van der Waals surface area contributed by atoms with Crippen LogP contribution < -0.4 is 21.5 Å². The van der Waals surface area contributed by atoms with E-state index in [1.807, 2.05) is 0 Å². The van der Waals surface area contributed by atoms with Crippen LogP contribution >= 0.6 is 0 Å². The van der Waals surface area contributed by atoms with Gasteiger partial charge in [-0.25, -0.2) is 4.39 Å². The number of halogens is 1. The highest BCUT2D eigenvalue weighted by atomic mass is 19.1. The van der Waals surface area contributed by atoms with E-state index < -0.39 is 11.7 Å². The Bertz CT molecular complexity index is 647. The number of hydrogen-bond acceptors (Lipinski definition) is 4. The molecule has 2 aromatic rings. The van der Waals surface area contributed by atoms with E-state index in [9.17, 15) is 9.18 Å². The molecule has 5 nitrogen and oxygen atoms in total. The molecule has 0 radical (unpaired) electrons. The van der Waals surface area contributed by atoms with Gasteiger partial charge in [0.1, 0.15) is 18.2 Å². The van der Waals surface area contributed by atoms with Crippen LogP contribution in [-0.4, -0.2) is 19.1 Å². The van der Waals surface area contributed by atoms with Gasteiger partial charge in [0.25, 0.3) is 5.91 Å². The lowest BCUT2D eigenvalue weighted by molar-refractivity contribution is 0.0997. The Balaban J connectivity index is 1.92. The average Bonchev–Trinajstić information content (AvgIpc) is 2.43. The Hall–Kier alpha value is -2.76. The number of nitrogens with two attached hydrogens (primary N) is 2. The van der Waals surface area contributed by atoms with E-state index in [1.165, 1.54) is 12.1 Å². The van der Waals surface area contributed by atoms with Crippen LogP contribution in [0.2, 0.25) is 0 Å². The first-order chi connectivity index (χ1) is 10.1. The second kappa shape index (κ2) is 6.60. The van der Waals surface area contributed by atoms with Gasteiger partial charge in [0, 0.05) is 18.3 Å². The van der Waals surface area contributed by atoms with Crippen LogP contribution in [0.5, 0.6) is 5.75 Å². The number of benzene rings is 2. The number of anilines is 2. The van der Waals surface area contributed by atoms with Gasteiger partial charge in [-0.3, -0.25) is 4.79 Å². The molecule has 0 unspecified atom stereocenters. The van der Waals surface area contributed by atoms with Gasteiger partial charge in [-0.15, -0.1) is 0 Å². The van der Waals surface area contributed by atoms with Crippen LogP contribution in [0.1, 0.15) is 10.4 Å². The Morgan fingerprint density at radius 1 is 1.24 bits per heavy atom. The van der Waals surface area contributed by atoms with E-state index in [0.29, 0.717) is 30.3 Å². The molecule has 0 aliphatic carbocycles. The SMILES string of the molecule is NC(=O)c1c(F)cccc1NCCOc1cccc(N)c1. The van der Waals surface area contributed by atoms with Gasteiger partial charge in [0.15, 0.2) is 0 Å². The van der Waals surface area contributed by atoms with E-state index in [1.54, 1.807) is 30.3 Å². The lowest BCUT2D eigenvalue weighted by Gasteiger charge is -2.11. The maximum atomic E-state index is 13.5. The Morgan fingerprint density at radius 2 is 2.00 bits per heavy atom. The van der Waals surface area contributed by atoms with Crippen molar-refractivity contribution < 1.29 is 13.9 Å². The summed E-state index contributed by atoms with van der Waals surface area (Å²) in [6.45, 7) is 0.719. The molecule has 110 valence electrons. The average molecular weight is 289 g/mol. The molecular formula is C15H16FN3O2. The highest BCUT2D eigenvalue weighted by Crippen LogP contribution is 2.18. The van der Waals surface area contributed by atoms with E-state index >= 15 is 0 Å².